The molecule has 0 fully saturated rings. The fourth-order valence-electron chi connectivity index (χ4n) is 2.03. The van der Waals surface area contributed by atoms with Crippen molar-refractivity contribution in [1.29, 1.82) is 0 Å². The van der Waals surface area contributed by atoms with Crippen LogP contribution >= 0.6 is 11.6 Å². The predicted octanol–water partition coefficient (Wildman–Crippen LogP) is 3.73. The van der Waals surface area contributed by atoms with E-state index in [0.717, 1.165) is 6.07 Å². The average Bonchev–Trinajstić information content (AvgIpc) is 2.90. The van der Waals surface area contributed by atoms with Gasteiger partial charge in [0.05, 0.1) is 15.5 Å². The Labute approximate surface area is 140 Å². The largest absolute Gasteiger partial charge is 0.402 e. The topological polar surface area (TPSA) is 81.8 Å². The highest BCUT2D eigenvalue weighted by molar-refractivity contribution is 6.34. The summed E-state index contributed by atoms with van der Waals surface area (Å²) in [6.07, 6.45) is 1.44. The lowest BCUT2D eigenvalue weighted by Gasteiger charge is -2.02. The standard InChI is InChI=1S/C16H8ClFN2O4/c17-13-8-11(20(22)23)5-6-12(13)15-19-14(16(21)24-15)7-9-1-3-10(18)4-2-9/h1-8H. The zero-order chi connectivity index (χ0) is 17.3. The Balaban J connectivity index is 1.94. The number of carbonyl (C=O) groups is 1. The fourth-order valence-corrected chi connectivity index (χ4v) is 2.29. The molecule has 6 nitrogen and oxygen atoms in total. The molecule has 0 aliphatic carbocycles. The summed E-state index contributed by atoms with van der Waals surface area (Å²) in [6, 6.07) is 9.22. The summed E-state index contributed by atoms with van der Waals surface area (Å²) in [6.45, 7) is 0. The predicted molar refractivity (Wildman–Crippen MR) is 85.1 cm³/mol. The number of non-ortho nitro benzene ring substituents is 1. The van der Waals surface area contributed by atoms with E-state index >= 15 is 0 Å². The lowest BCUT2D eigenvalue weighted by molar-refractivity contribution is -0.384. The van der Waals surface area contributed by atoms with E-state index in [1.54, 1.807) is 0 Å². The van der Waals surface area contributed by atoms with Gasteiger partial charge in [0, 0.05) is 12.1 Å². The summed E-state index contributed by atoms with van der Waals surface area (Å²) < 4.78 is 17.9. The van der Waals surface area contributed by atoms with E-state index in [2.05, 4.69) is 4.99 Å². The number of esters is 1. The van der Waals surface area contributed by atoms with Gasteiger partial charge in [0.1, 0.15) is 5.82 Å². The van der Waals surface area contributed by atoms with Crippen LogP contribution in [0.4, 0.5) is 10.1 Å². The molecule has 0 radical (unpaired) electrons. The molecule has 0 N–H and O–H groups in total. The second-order valence-electron chi connectivity index (χ2n) is 4.81. The van der Waals surface area contributed by atoms with Crippen LogP contribution in [-0.2, 0) is 9.53 Å². The first-order valence-corrected chi connectivity index (χ1v) is 7.04. The number of nitrogens with zero attached hydrogens (tertiary/aromatic N) is 2. The molecule has 0 bridgehead atoms. The van der Waals surface area contributed by atoms with Gasteiger partial charge in [-0.15, -0.1) is 0 Å². The Morgan fingerprint density at radius 2 is 1.92 bits per heavy atom. The lowest BCUT2D eigenvalue weighted by atomic mass is 10.2. The average molecular weight is 347 g/mol. The van der Waals surface area contributed by atoms with E-state index in [1.165, 1.54) is 42.5 Å². The normalized spacial score (nSPS) is 15.3. The summed E-state index contributed by atoms with van der Waals surface area (Å²) in [5, 5.41) is 10.8. The molecule has 0 spiro atoms. The van der Waals surface area contributed by atoms with Crippen LogP contribution in [0.1, 0.15) is 11.1 Å². The van der Waals surface area contributed by atoms with Crippen molar-refractivity contribution in [1.82, 2.24) is 0 Å². The SMILES string of the molecule is O=C1OC(c2ccc([N+](=O)[O-])cc2Cl)=NC1=Cc1ccc(F)cc1. The van der Waals surface area contributed by atoms with Crippen LogP contribution < -0.4 is 0 Å². The van der Waals surface area contributed by atoms with E-state index in [1.807, 2.05) is 0 Å². The highest BCUT2D eigenvalue weighted by atomic mass is 35.5. The van der Waals surface area contributed by atoms with Crippen molar-refractivity contribution in [2.45, 2.75) is 0 Å². The number of benzene rings is 2. The molecule has 0 amide bonds. The third kappa shape index (κ3) is 3.16. The first kappa shape index (κ1) is 15.8. The van der Waals surface area contributed by atoms with Gasteiger partial charge in [-0.05, 0) is 29.8 Å². The Hall–Kier alpha value is -3.06. The first-order chi connectivity index (χ1) is 11.4. The van der Waals surface area contributed by atoms with Gasteiger partial charge in [-0.2, -0.15) is 0 Å². The van der Waals surface area contributed by atoms with Crippen LogP contribution in [0.25, 0.3) is 6.08 Å². The zero-order valence-electron chi connectivity index (χ0n) is 11.9. The number of cyclic esters (lactones) is 1. The Bertz CT molecular complexity index is 907. The molecule has 24 heavy (non-hydrogen) atoms. The van der Waals surface area contributed by atoms with Gasteiger partial charge in [-0.3, -0.25) is 10.1 Å². The number of nitro groups is 1. The zero-order valence-corrected chi connectivity index (χ0v) is 12.7. The number of rotatable bonds is 3. The molecule has 0 saturated heterocycles. The number of aliphatic imine (C=N–C) groups is 1. The van der Waals surface area contributed by atoms with Crippen molar-refractivity contribution >= 4 is 35.2 Å². The first-order valence-electron chi connectivity index (χ1n) is 6.66. The van der Waals surface area contributed by atoms with Crippen LogP contribution in [0.3, 0.4) is 0 Å². The van der Waals surface area contributed by atoms with Crippen LogP contribution in [0, 0.1) is 15.9 Å². The molecule has 2 aromatic rings. The van der Waals surface area contributed by atoms with Crippen LogP contribution in [0.5, 0.6) is 0 Å². The van der Waals surface area contributed by atoms with E-state index in [4.69, 9.17) is 16.3 Å². The second-order valence-corrected chi connectivity index (χ2v) is 5.22. The van der Waals surface area contributed by atoms with Crippen molar-refractivity contribution in [2.24, 2.45) is 4.99 Å². The minimum atomic E-state index is -0.691. The van der Waals surface area contributed by atoms with E-state index < -0.39 is 16.7 Å². The van der Waals surface area contributed by atoms with Gasteiger partial charge in [0.2, 0.25) is 5.90 Å². The summed E-state index contributed by atoms with van der Waals surface area (Å²) in [5.41, 5.74) is 0.669. The molecule has 2 aromatic carbocycles. The van der Waals surface area contributed by atoms with Crippen molar-refractivity contribution in [2.75, 3.05) is 0 Å². The molecule has 3 rings (SSSR count). The molecule has 0 saturated carbocycles. The number of hydrogen-bond donors (Lipinski definition) is 0. The minimum Gasteiger partial charge on any atom is -0.402 e. The van der Waals surface area contributed by atoms with Gasteiger partial charge in [-0.1, -0.05) is 23.7 Å². The number of halogens is 2. The molecular formula is C16H8ClFN2O4. The van der Waals surface area contributed by atoms with Crippen molar-refractivity contribution in [3.8, 4) is 0 Å². The third-order valence-electron chi connectivity index (χ3n) is 3.19. The number of ether oxygens (including phenoxy) is 1. The van der Waals surface area contributed by atoms with Crippen molar-refractivity contribution in [3.05, 3.63) is 80.2 Å². The summed E-state index contributed by atoms with van der Waals surface area (Å²) >= 11 is 5.99. The summed E-state index contributed by atoms with van der Waals surface area (Å²) in [5.74, 6) is -1.13. The fraction of sp³-hybridized carbons (Fsp3) is 0. The monoisotopic (exact) mass is 346 g/mol. The van der Waals surface area contributed by atoms with E-state index in [0.29, 0.717) is 5.56 Å². The Morgan fingerprint density at radius 1 is 1.21 bits per heavy atom. The molecule has 1 aliphatic rings. The summed E-state index contributed by atoms with van der Waals surface area (Å²) in [4.78, 5) is 26.1. The maximum atomic E-state index is 12.9. The van der Waals surface area contributed by atoms with Gasteiger partial charge in [0.15, 0.2) is 5.70 Å². The summed E-state index contributed by atoms with van der Waals surface area (Å²) in [7, 11) is 0. The molecule has 0 aromatic heterocycles. The maximum absolute atomic E-state index is 12.9. The lowest BCUT2D eigenvalue weighted by Crippen LogP contribution is -2.06. The highest BCUT2D eigenvalue weighted by Gasteiger charge is 2.26. The van der Waals surface area contributed by atoms with Crippen LogP contribution in [0.15, 0.2) is 53.2 Å². The Morgan fingerprint density at radius 3 is 2.54 bits per heavy atom. The van der Waals surface area contributed by atoms with Crippen molar-refractivity contribution < 1.29 is 18.8 Å². The number of carbonyl (C=O) groups excluding carboxylic acids is 1. The van der Waals surface area contributed by atoms with Crippen molar-refractivity contribution in [3.63, 3.8) is 0 Å². The number of nitro benzene ring substituents is 1. The molecule has 0 atom stereocenters. The molecule has 120 valence electrons. The van der Waals surface area contributed by atoms with Crippen LogP contribution in [0.2, 0.25) is 5.02 Å². The van der Waals surface area contributed by atoms with Gasteiger partial charge in [0.25, 0.3) is 5.69 Å². The van der Waals surface area contributed by atoms with Crippen LogP contribution in [-0.4, -0.2) is 16.8 Å². The number of hydrogen-bond acceptors (Lipinski definition) is 5. The molecule has 8 heteroatoms. The Kier molecular flexibility index (Phi) is 4.09. The second kappa shape index (κ2) is 6.21. The quantitative estimate of drug-likeness (QED) is 0.367. The van der Waals surface area contributed by atoms with Gasteiger partial charge in [-0.25, -0.2) is 14.2 Å². The molecule has 0 unspecified atom stereocenters. The molecule has 1 heterocycles. The maximum Gasteiger partial charge on any atom is 0.363 e. The smallest absolute Gasteiger partial charge is 0.363 e. The van der Waals surface area contributed by atoms with E-state index in [9.17, 15) is 19.3 Å². The highest BCUT2D eigenvalue weighted by Crippen LogP contribution is 2.27. The third-order valence-corrected chi connectivity index (χ3v) is 3.50. The van der Waals surface area contributed by atoms with E-state index in [-0.39, 0.29) is 27.9 Å². The molecule has 1 aliphatic heterocycles. The van der Waals surface area contributed by atoms with Gasteiger partial charge >= 0.3 is 5.97 Å². The molecular weight excluding hydrogens is 339 g/mol. The van der Waals surface area contributed by atoms with Gasteiger partial charge < -0.3 is 4.74 Å². The minimum absolute atomic E-state index is 0.0195.